The molecule has 0 saturated carbocycles. The van der Waals surface area contributed by atoms with E-state index in [1.165, 1.54) is 18.7 Å². The molecule has 1 heterocycles. The average Bonchev–Trinajstić information content (AvgIpc) is 3.22. The lowest BCUT2D eigenvalue weighted by Crippen LogP contribution is -2.05. The van der Waals surface area contributed by atoms with Gasteiger partial charge >= 0.3 is 0 Å². The molecule has 7 heteroatoms. The molecule has 1 aromatic heterocycles. The Morgan fingerprint density at radius 1 is 1.00 bits per heavy atom. The van der Waals surface area contributed by atoms with Crippen LogP contribution in [0, 0.1) is 11.3 Å². The number of aromatic nitrogens is 3. The van der Waals surface area contributed by atoms with Gasteiger partial charge < -0.3 is 5.32 Å². The summed E-state index contributed by atoms with van der Waals surface area (Å²) < 4.78 is 2.01. The predicted molar refractivity (Wildman–Crippen MR) is 122 cm³/mol. The maximum Gasteiger partial charge on any atom is 0.221 e. The minimum absolute atomic E-state index is 0.114. The highest BCUT2D eigenvalue weighted by Gasteiger charge is 2.17. The van der Waals surface area contributed by atoms with Crippen molar-refractivity contribution in [2.45, 2.75) is 17.8 Å². The molecule has 1 N–H and O–H groups in total. The molecule has 0 bridgehead atoms. The molecule has 6 nitrogen and oxygen atoms in total. The molecule has 0 radical (unpaired) electrons. The monoisotopic (exact) mass is 425 g/mol. The van der Waals surface area contributed by atoms with Gasteiger partial charge in [-0.1, -0.05) is 48.2 Å². The third kappa shape index (κ3) is 4.65. The van der Waals surface area contributed by atoms with Crippen molar-refractivity contribution in [1.82, 2.24) is 14.8 Å². The number of nitrogens with one attached hydrogen (secondary N) is 1. The number of thioether (sulfide) groups is 1. The second-order valence-corrected chi connectivity index (χ2v) is 7.74. The molecular formula is C24H19N5OS. The summed E-state index contributed by atoms with van der Waals surface area (Å²) in [4.78, 5) is 11.3. The van der Waals surface area contributed by atoms with Gasteiger partial charge in [0.15, 0.2) is 11.0 Å². The van der Waals surface area contributed by atoms with Gasteiger partial charge in [0, 0.05) is 29.6 Å². The molecule has 1 amide bonds. The lowest BCUT2D eigenvalue weighted by molar-refractivity contribution is -0.114. The van der Waals surface area contributed by atoms with Crippen LogP contribution in [0.3, 0.4) is 0 Å². The molecule has 3 aromatic carbocycles. The van der Waals surface area contributed by atoms with E-state index >= 15 is 0 Å². The van der Waals surface area contributed by atoms with Crippen LogP contribution in [0.25, 0.3) is 17.1 Å². The molecule has 0 spiro atoms. The molecule has 4 rings (SSSR count). The maximum atomic E-state index is 11.3. The van der Waals surface area contributed by atoms with Gasteiger partial charge in [-0.15, -0.1) is 10.2 Å². The number of nitriles is 1. The van der Waals surface area contributed by atoms with Crippen LogP contribution in [0.4, 0.5) is 5.69 Å². The number of rotatable bonds is 6. The van der Waals surface area contributed by atoms with Crippen LogP contribution < -0.4 is 5.32 Å². The summed E-state index contributed by atoms with van der Waals surface area (Å²) >= 11 is 1.53. The number of carbonyl (C=O) groups excluding carboxylic acids is 1. The van der Waals surface area contributed by atoms with Crippen molar-refractivity contribution >= 4 is 23.4 Å². The van der Waals surface area contributed by atoms with E-state index < -0.39 is 0 Å². The zero-order valence-electron chi connectivity index (χ0n) is 16.8. The molecule has 4 aromatic rings. The van der Waals surface area contributed by atoms with Crippen LogP contribution in [0.2, 0.25) is 0 Å². The first-order valence-electron chi connectivity index (χ1n) is 9.65. The van der Waals surface area contributed by atoms with Crippen LogP contribution in [-0.2, 0) is 10.5 Å². The zero-order valence-corrected chi connectivity index (χ0v) is 17.6. The highest BCUT2D eigenvalue weighted by atomic mass is 32.2. The summed E-state index contributed by atoms with van der Waals surface area (Å²) in [7, 11) is 0. The van der Waals surface area contributed by atoms with E-state index in [0.717, 1.165) is 27.7 Å². The number of nitrogens with zero attached hydrogens (tertiary/aromatic N) is 4. The smallest absolute Gasteiger partial charge is 0.221 e. The fourth-order valence-corrected chi connectivity index (χ4v) is 4.12. The highest BCUT2D eigenvalue weighted by molar-refractivity contribution is 7.98. The number of carbonyl (C=O) groups is 1. The Morgan fingerprint density at radius 2 is 1.71 bits per heavy atom. The molecular weight excluding hydrogens is 406 g/mol. The Kier molecular flexibility index (Phi) is 6.11. The van der Waals surface area contributed by atoms with Crippen molar-refractivity contribution in [3.63, 3.8) is 0 Å². The van der Waals surface area contributed by atoms with Gasteiger partial charge in [-0.3, -0.25) is 9.36 Å². The first-order valence-corrected chi connectivity index (χ1v) is 10.6. The lowest BCUT2D eigenvalue weighted by Gasteiger charge is -2.11. The second-order valence-electron chi connectivity index (χ2n) is 6.79. The fraction of sp³-hybridized carbons (Fsp3) is 0.0833. The Bertz CT molecular complexity index is 1240. The maximum absolute atomic E-state index is 11.3. The van der Waals surface area contributed by atoms with Crippen molar-refractivity contribution in [1.29, 1.82) is 5.26 Å². The van der Waals surface area contributed by atoms with Crippen LogP contribution >= 0.6 is 11.8 Å². The van der Waals surface area contributed by atoms with Gasteiger partial charge in [0.2, 0.25) is 5.91 Å². The van der Waals surface area contributed by atoms with Crippen molar-refractivity contribution in [2.75, 3.05) is 5.32 Å². The van der Waals surface area contributed by atoms with Gasteiger partial charge in [-0.2, -0.15) is 5.26 Å². The SMILES string of the molecule is CC(=O)Nc1ccc(-c2nnc(SCc3ccccc3C#N)n2-c2ccccc2)cc1. The quantitative estimate of drug-likeness (QED) is 0.437. The fourth-order valence-electron chi connectivity index (χ4n) is 3.16. The normalized spacial score (nSPS) is 10.5. The molecule has 31 heavy (non-hydrogen) atoms. The largest absolute Gasteiger partial charge is 0.326 e. The number of amides is 1. The van der Waals surface area contributed by atoms with Crippen molar-refractivity contribution in [3.05, 3.63) is 90.0 Å². The summed E-state index contributed by atoms with van der Waals surface area (Å²) in [6.45, 7) is 1.48. The Morgan fingerprint density at radius 3 is 2.42 bits per heavy atom. The van der Waals surface area contributed by atoms with E-state index in [4.69, 9.17) is 0 Å². The van der Waals surface area contributed by atoms with Crippen LogP contribution in [0.15, 0.2) is 84.0 Å². The number of hydrogen-bond donors (Lipinski definition) is 1. The first-order chi connectivity index (χ1) is 15.2. The molecule has 0 fully saturated rings. The summed E-state index contributed by atoms with van der Waals surface area (Å²) in [5, 5.41) is 21.7. The zero-order chi connectivity index (χ0) is 21.6. The van der Waals surface area contributed by atoms with E-state index in [-0.39, 0.29) is 5.91 Å². The van der Waals surface area contributed by atoms with Crippen LogP contribution in [-0.4, -0.2) is 20.7 Å². The standard InChI is InChI=1S/C24H19N5OS/c1-17(30)26-21-13-11-18(12-14-21)23-27-28-24(29(23)22-9-3-2-4-10-22)31-16-20-8-6-5-7-19(20)15-25/h2-14H,16H2,1H3,(H,26,30). The van der Waals surface area contributed by atoms with E-state index in [2.05, 4.69) is 21.6 Å². The molecule has 0 unspecified atom stereocenters. The molecule has 0 aliphatic heterocycles. The summed E-state index contributed by atoms with van der Waals surface area (Å²) in [5.41, 5.74) is 4.18. The van der Waals surface area contributed by atoms with Gasteiger partial charge in [0.05, 0.1) is 11.6 Å². The third-order valence-electron chi connectivity index (χ3n) is 4.61. The van der Waals surface area contributed by atoms with E-state index in [0.29, 0.717) is 17.1 Å². The predicted octanol–water partition coefficient (Wildman–Crippen LogP) is 5.06. The lowest BCUT2D eigenvalue weighted by atomic mass is 10.1. The Labute approximate surface area is 184 Å². The first kappa shape index (κ1) is 20.4. The minimum atomic E-state index is -0.114. The van der Waals surface area contributed by atoms with Gasteiger partial charge in [0.1, 0.15) is 0 Å². The topological polar surface area (TPSA) is 83.6 Å². The highest BCUT2D eigenvalue weighted by Crippen LogP contribution is 2.30. The van der Waals surface area contributed by atoms with E-state index in [1.807, 2.05) is 83.4 Å². The Hall–Kier alpha value is -3.89. The average molecular weight is 426 g/mol. The number of benzene rings is 3. The summed E-state index contributed by atoms with van der Waals surface area (Å²) in [6, 6.07) is 27.2. The van der Waals surface area contributed by atoms with Gasteiger partial charge in [0.25, 0.3) is 0 Å². The van der Waals surface area contributed by atoms with Crippen molar-refractivity contribution in [2.24, 2.45) is 0 Å². The summed E-state index contributed by atoms with van der Waals surface area (Å²) in [6.07, 6.45) is 0. The number of hydrogen-bond acceptors (Lipinski definition) is 5. The minimum Gasteiger partial charge on any atom is -0.326 e. The molecule has 0 atom stereocenters. The van der Waals surface area contributed by atoms with Crippen LogP contribution in [0.1, 0.15) is 18.1 Å². The van der Waals surface area contributed by atoms with Crippen molar-refractivity contribution < 1.29 is 4.79 Å². The van der Waals surface area contributed by atoms with Crippen LogP contribution in [0.5, 0.6) is 0 Å². The van der Waals surface area contributed by atoms with E-state index in [1.54, 1.807) is 0 Å². The third-order valence-corrected chi connectivity index (χ3v) is 5.58. The van der Waals surface area contributed by atoms with E-state index in [9.17, 15) is 10.1 Å². The molecule has 0 aliphatic rings. The molecule has 0 saturated heterocycles. The van der Waals surface area contributed by atoms with Crippen molar-refractivity contribution in [3.8, 4) is 23.1 Å². The summed E-state index contributed by atoms with van der Waals surface area (Å²) in [5.74, 6) is 1.20. The van der Waals surface area contributed by atoms with Gasteiger partial charge in [-0.05, 0) is 48.0 Å². The van der Waals surface area contributed by atoms with Gasteiger partial charge in [-0.25, -0.2) is 0 Å². The molecule has 0 aliphatic carbocycles. The molecule has 152 valence electrons. The second kappa shape index (κ2) is 9.28. The number of anilines is 1. The number of para-hydroxylation sites is 1. The Balaban J connectivity index is 1.69.